The summed E-state index contributed by atoms with van der Waals surface area (Å²) in [5.41, 5.74) is 7.39. The van der Waals surface area contributed by atoms with Crippen LogP contribution in [0.25, 0.3) is 0 Å². The molecule has 74 valence electrons. The van der Waals surface area contributed by atoms with E-state index >= 15 is 0 Å². The minimum absolute atomic E-state index is 0.425. The molecular weight excluding hydrogens is 176 g/mol. The first kappa shape index (κ1) is 9.02. The highest BCUT2D eigenvalue weighted by molar-refractivity contribution is 5.95. The largest absolute Gasteiger partial charge is 0.370 e. The van der Waals surface area contributed by atoms with Crippen molar-refractivity contribution in [3.63, 3.8) is 0 Å². The third-order valence-electron chi connectivity index (χ3n) is 2.55. The van der Waals surface area contributed by atoms with Gasteiger partial charge in [-0.1, -0.05) is 18.2 Å². The van der Waals surface area contributed by atoms with Gasteiger partial charge in [0.25, 0.3) is 0 Å². The lowest BCUT2D eigenvalue weighted by Crippen LogP contribution is -2.42. The molecular formula is C10H14N4. The quantitative estimate of drug-likeness (QED) is 0.614. The molecule has 1 atom stereocenters. The Kier molecular flexibility index (Phi) is 1.93. The minimum atomic E-state index is -0.425. The van der Waals surface area contributed by atoms with Gasteiger partial charge >= 0.3 is 0 Å². The molecule has 1 aromatic carbocycles. The topological polar surface area (TPSA) is 62.4 Å². The van der Waals surface area contributed by atoms with Crippen molar-refractivity contribution in [1.82, 2.24) is 5.32 Å². The van der Waals surface area contributed by atoms with E-state index in [9.17, 15) is 0 Å². The van der Waals surface area contributed by atoms with Gasteiger partial charge in [-0.15, -0.1) is 0 Å². The van der Waals surface area contributed by atoms with Crippen molar-refractivity contribution in [3.05, 3.63) is 29.8 Å². The Morgan fingerprint density at radius 3 is 2.86 bits per heavy atom. The summed E-state index contributed by atoms with van der Waals surface area (Å²) in [6, 6.07) is 7.99. The maximum absolute atomic E-state index is 5.70. The number of rotatable bonds is 1. The molecule has 1 unspecified atom stereocenters. The maximum Gasteiger partial charge on any atom is 0.195 e. The molecule has 0 fully saturated rings. The Bertz CT molecular complexity index is 385. The number of benzene rings is 1. The summed E-state index contributed by atoms with van der Waals surface area (Å²) in [5, 5.41) is 6.20. The van der Waals surface area contributed by atoms with E-state index in [0.717, 1.165) is 11.3 Å². The predicted molar refractivity (Wildman–Crippen MR) is 58.1 cm³/mol. The van der Waals surface area contributed by atoms with Gasteiger partial charge in [-0.3, -0.25) is 5.32 Å². The first-order chi connectivity index (χ1) is 6.65. The zero-order valence-corrected chi connectivity index (χ0v) is 8.33. The van der Waals surface area contributed by atoms with Crippen LogP contribution in [0.5, 0.6) is 0 Å². The van der Waals surface area contributed by atoms with Crippen LogP contribution < -0.4 is 16.4 Å². The van der Waals surface area contributed by atoms with Crippen LogP contribution in [0.3, 0.4) is 0 Å². The summed E-state index contributed by atoms with van der Waals surface area (Å²) >= 11 is 0. The molecule has 0 aliphatic carbocycles. The molecule has 1 heterocycles. The Labute approximate surface area is 83.2 Å². The van der Waals surface area contributed by atoms with Gasteiger partial charge in [0.2, 0.25) is 0 Å². The number of para-hydroxylation sites is 1. The fourth-order valence-electron chi connectivity index (χ4n) is 1.67. The van der Waals surface area contributed by atoms with Gasteiger partial charge in [0.1, 0.15) is 5.66 Å². The van der Waals surface area contributed by atoms with Gasteiger partial charge in [-0.05, 0) is 20.0 Å². The highest BCUT2D eigenvalue weighted by atomic mass is 15.2. The molecule has 0 bridgehead atoms. The van der Waals surface area contributed by atoms with Gasteiger partial charge in [0, 0.05) is 11.3 Å². The molecule has 0 saturated carbocycles. The number of nitrogens with zero attached hydrogens (tertiary/aromatic N) is 1. The number of hydrogen-bond acceptors (Lipinski definition) is 4. The Morgan fingerprint density at radius 2 is 2.14 bits per heavy atom. The van der Waals surface area contributed by atoms with E-state index in [2.05, 4.69) is 15.6 Å². The third-order valence-corrected chi connectivity index (χ3v) is 2.55. The van der Waals surface area contributed by atoms with E-state index in [1.54, 1.807) is 0 Å². The van der Waals surface area contributed by atoms with Crippen molar-refractivity contribution in [2.45, 2.75) is 12.6 Å². The average Bonchev–Trinajstić information content (AvgIpc) is 2.17. The molecule has 14 heavy (non-hydrogen) atoms. The second kappa shape index (κ2) is 2.99. The Morgan fingerprint density at radius 1 is 1.43 bits per heavy atom. The Balaban J connectivity index is 2.57. The fourth-order valence-corrected chi connectivity index (χ4v) is 1.67. The van der Waals surface area contributed by atoms with Crippen molar-refractivity contribution in [2.24, 2.45) is 10.7 Å². The second-order valence-corrected chi connectivity index (χ2v) is 3.49. The first-order valence-electron chi connectivity index (χ1n) is 4.56. The van der Waals surface area contributed by atoms with Crippen molar-refractivity contribution in [2.75, 3.05) is 12.4 Å². The molecule has 1 aliphatic rings. The van der Waals surface area contributed by atoms with Crippen LogP contribution in [-0.4, -0.2) is 13.0 Å². The highest BCUT2D eigenvalue weighted by Gasteiger charge is 2.29. The van der Waals surface area contributed by atoms with Crippen LogP contribution in [0.1, 0.15) is 12.5 Å². The monoisotopic (exact) mass is 190 g/mol. The summed E-state index contributed by atoms with van der Waals surface area (Å²) in [4.78, 5) is 4.35. The number of guanidine groups is 1. The van der Waals surface area contributed by atoms with E-state index in [1.807, 2.05) is 38.2 Å². The molecule has 4 nitrogen and oxygen atoms in total. The van der Waals surface area contributed by atoms with Gasteiger partial charge in [-0.2, -0.15) is 0 Å². The molecule has 4 N–H and O–H groups in total. The van der Waals surface area contributed by atoms with Crippen LogP contribution in [0.15, 0.2) is 29.3 Å². The average molecular weight is 190 g/mol. The lowest BCUT2D eigenvalue weighted by molar-refractivity contribution is 0.419. The van der Waals surface area contributed by atoms with E-state index in [-0.39, 0.29) is 0 Å². The second-order valence-electron chi connectivity index (χ2n) is 3.49. The standard InChI is InChI=1S/C10H14N4/c1-10(12-2)7-5-3-4-6-8(7)13-9(11)14-10/h3-6,12H,1-2H3,(H3,11,13,14). The first-order valence-corrected chi connectivity index (χ1v) is 4.56. The number of nitrogens with one attached hydrogen (secondary N) is 2. The van der Waals surface area contributed by atoms with Crippen LogP contribution in [0, 0.1) is 0 Å². The Hall–Kier alpha value is -1.55. The van der Waals surface area contributed by atoms with Crippen LogP contribution in [0.4, 0.5) is 5.69 Å². The molecule has 2 rings (SSSR count). The molecule has 0 aromatic heterocycles. The van der Waals surface area contributed by atoms with Gasteiger partial charge in [0.05, 0.1) is 0 Å². The molecule has 0 saturated heterocycles. The highest BCUT2D eigenvalue weighted by Crippen LogP contribution is 2.31. The van der Waals surface area contributed by atoms with Crippen molar-refractivity contribution in [3.8, 4) is 0 Å². The lowest BCUT2D eigenvalue weighted by atomic mass is 9.98. The molecule has 1 aliphatic heterocycles. The summed E-state index contributed by atoms with van der Waals surface area (Å²) < 4.78 is 0. The van der Waals surface area contributed by atoms with Gasteiger partial charge < -0.3 is 11.1 Å². The molecule has 4 heteroatoms. The number of fused-ring (bicyclic) bond motifs is 1. The SMILES string of the molecule is CNC1(C)N=C(N)Nc2ccccc21. The van der Waals surface area contributed by atoms with Crippen molar-refractivity contribution >= 4 is 11.6 Å². The van der Waals surface area contributed by atoms with Crippen LogP contribution in [-0.2, 0) is 5.66 Å². The number of hydrogen-bond donors (Lipinski definition) is 3. The number of nitrogens with two attached hydrogens (primary N) is 1. The van der Waals surface area contributed by atoms with Crippen molar-refractivity contribution in [1.29, 1.82) is 0 Å². The van der Waals surface area contributed by atoms with Crippen molar-refractivity contribution < 1.29 is 0 Å². The van der Waals surface area contributed by atoms with E-state index in [0.29, 0.717) is 5.96 Å². The van der Waals surface area contributed by atoms with Crippen LogP contribution in [0.2, 0.25) is 0 Å². The van der Waals surface area contributed by atoms with E-state index in [1.165, 1.54) is 0 Å². The van der Waals surface area contributed by atoms with Crippen LogP contribution >= 0.6 is 0 Å². The summed E-state index contributed by atoms with van der Waals surface area (Å²) in [5.74, 6) is 0.445. The third kappa shape index (κ3) is 1.24. The molecule has 0 amide bonds. The molecule has 0 radical (unpaired) electrons. The maximum atomic E-state index is 5.70. The van der Waals surface area contributed by atoms with E-state index < -0.39 is 5.66 Å². The predicted octanol–water partition coefficient (Wildman–Crippen LogP) is 0.819. The van der Waals surface area contributed by atoms with E-state index in [4.69, 9.17) is 5.73 Å². The lowest BCUT2D eigenvalue weighted by Gasteiger charge is -2.32. The summed E-state index contributed by atoms with van der Waals surface area (Å²) in [7, 11) is 1.87. The number of anilines is 1. The summed E-state index contributed by atoms with van der Waals surface area (Å²) in [6.45, 7) is 2.00. The smallest absolute Gasteiger partial charge is 0.195 e. The molecule has 0 spiro atoms. The summed E-state index contributed by atoms with van der Waals surface area (Å²) in [6.07, 6.45) is 0. The zero-order valence-electron chi connectivity index (χ0n) is 8.33. The number of aliphatic imine (C=N–C) groups is 1. The zero-order chi connectivity index (χ0) is 10.2. The van der Waals surface area contributed by atoms with Gasteiger partial charge in [-0.25, -0.2) is 4.99 Å². The minimum Gasteiger partial charge on any atom is -0.370 e. The normalized spacial score (nSPS) is 24.9. The fraction of sp³-hybridized carbons (Fsp3) is 0.300. The molecule has 1 aromatic rings. The van der Waals surface area contributed by atoms with Gasteiger partial charge in [0.15, 0.2) is 5.96 Å².